The molecule has 0 bridgehead atoms. The second kappa shape index (κ2) is 13.9. The standard InChI is InChI=1S/C22H34F3N5O.HI/c1-4-26-21(28-11-10-27-20(31)16(2)3)29-19-8-12-30(13-9-19)15-17-6-5-7-18(14-17)22(23,24)25;/h5-7,14,16,19H,4,8-13,15H2,1-3H3,(H,27,31)(H2,26,28,29);1H. The Kier molecular flexibility index (Phi) is 12.3. The zero-order valence-electron chi connectivity index (χ0n) is 19.0. The molecule has 1 heterocycles. The fourth-order valence-electron chi connectivity index (χ4n) is 3.40. The summed E-state index contributed by atoms with van der Waals surface area (Å²) in [5.41, 5.74) is 0.0808. The third-order valence-corrected chi connectivity index (χ3v) is 5.14. The summed E-state index contributed by atoms with van der Waals surface area (Å²) in [6.07, 6.45) is -2.55. The van der Waals surface area contributed by atoms with E-state index in [1.54, 1.807) is 6.07 Å². The minimum absolute atomic E-state index is 0. The lowest BCUT2D eigenvalue weighted by atomic mass is 10.0. The summed E-state index contributed by atoms with van der Waals surface area (Å²) in [5.74, 6) is 0.690. The van der Waals surface area contributed by atoms with Crippen LogP contribution >= 0.6 is 24.0 Å². The number of nitrogens with one attached hydrogen (secondary N) is 3. The maximum atomic E-state index is 12.9. The van der Waals surface area contributed by atoms with Crippen molar-refractivity contribution in [1.82, 2.24) is 20.9 Å². The van der Waals surface area contributed by atoms with E-state index in [1.807, 2.05) is 20.8 Å². The van der Waals surface area contributed by atoms with Crippen LogP contribution in [0.1, 0.15) is 44.7 Å². The van der Waals surface area contributed by atoms with Gasteiger partial charge in [0.15, 0.2) is 5.96 Å². The number of halogens is 4. The van der Waals surface area contributed by atoms with E-state index in [1.165, 1.54) is 12.1 Å². The average molecular weight is 569 g/mol. The summed E-state index contributed by atoms with van der Waals surface area (Å²) in [6.45, 7) is 9.53. The Hall–Kier alpha value is -1.56. The number of carbonyl (C=O) groups excluding carboxylic acids is 1. The van der Waals surface area contributed by atoms with Crippen molar-refractivity contribution in [3.63, 3.8) is 0 Å². The van der Waals surface area contributed by atoms with Gasteiger partial charge in [0, 0.05) is 44.7 Å². The highest BCUT2D eigenvalue weighted by Crippen LogP contribution is 2.30. The lowest BCUT2D eigenvalue weighted by Crippen LogP contribution is -2.48. The third kappa shape index (κ3) is 9.93. The largest absolute Gasteiger partial charge is 0.416 e. The molecule has 6 nitrogen and oxygen atoms in total. The first-order valence-corrected chi connectivity index (χ1v) is 10.9. The fourth-order valence-corrected chi connectivity index (χ4v) is 3.40. The van der Waals surface area contributed by atoms with Crippen molar-refractivity contribution in [3.8, 4) is 0 Å². The topological polar surface area (TPSA) is 68.8 Å². The van der Waals surface area contributed by atoms with Crippen LogP contribution in [0.2, 0.25) is 0 Å². The number of amides is 1. The van der Waals surface area contributed by atoms with E-state index in [2.05, 4.69) is 25.8 Å². The molecule has 10 heteroatoms. The van der Waals surface area contributed by atoms with Crippen molar-refractivity contribution < 1.29 is 18.0 Å². The van der Waals surface area contributed by atoms with Crippen LogP contribution in [-0.2, 0) is 17.5 Å². The second-order valence-corrected chi connectivity index (χ2v) is 8.10. The van der Waals surface area contributed by atoms with Gasteiger partial charge in [-0.25, -0.2) is 0 Å². The van der Waals surface area contributed by atoms with Crippen LogP contribution in [0.15, 0.2) is 29.3 Å². The van der Waals surface area contributed by atoms with E-state index in [0.717, 1.165) is 44.5 Å². The lowest BCUT2D eigenvalue weighted by Gasteiger charge is -2.33. The van der Waals surface area contributed by atoms with Crippen LogP contribution in [0.3, 0.4) is 0 Å². The zero-order chi connectivity index (χ0) is 22.9. The van der Waals surface area contributed by atoms with Crippen LogP contribution in [-0.4, -0.2) is 55.5 Å². The fraction of sp³-hybridized carbons (Fsp3) is 0.636. The van der Waals surface area contributed by atoms with Crippen molar-refractivity contribution in [2.75, 3.05) is 32.7 Å². The van der Waals surface area contributed by atoms with Gasteiger partial charge in [-0.1, -0.05) is 32.0 Å². The number of likely N-dealkylation sites (tertiary alicyclic amines) is 1. The minimum Gasteiger partial charge on any atom is -0.357 e. The van der Waals surface area contributed by atoms with E-state index < -0.39 is 11.7 Å². The normalized spacial score (nSPS) is 15.9. The average Bonchev–Trinajstić information content (AvgIpc) is 2.72. The molecule has 1 aromatic rings. The molecule has 0 saturated carbocycles. The first kappa shape index (κ1) is 28.5. The molecule has 3 N–H and O–H groups in total. The SMILES string of the molecule is CCNC(=NCCNC(=O)C(C)C)NC1CCN(Cc2cccc(C(F)(F)F)c2)CC1.I. The Bertz CT molecular complexity index is 735. The highest BCUT2D eigenvalue weighted by molar-refractivity contribution is 14.0. The van der Waals surface area contributed by atoms with Gasteiger partial charge in [0.25, 0.3) is 0 Å². The smallest absolute Gasteiger partial charge is 0.357 e. The van der Waals surface area contributed by atoms with Crippen LogP contribution < -0.4 is 16.0 Å². The number of alkyl halides is 3. The molecular formula is C22H35F3IN5O. The van der Waals surface area contributed by atoms with Crippen LogP contribution in [0, 0.1) is 5.92 Å². The van der Waals surface area contributed by atoms with E-state index in [0.29, 0.717) is 25.2 Å². The summed E-state index contributed by atoms with van der Waals surface area (Å²) >= 11 is 0. The Labute approximate surface area is 205 Å². The van der Waals surface area contributed by atoms with Gasteiger partial charge in [-0.2, -0.15) is 13.2 Å². The van der Waals surface area contributed by atoms with E-state index in [9.17, 15) is 18.0 Å². The van der Waals surface area contributed by atoms with Gasteiger partial charge in [0.05, 0.1) is 12.1 Å². The maximum Gasteiger partial charge on any atom is 0.416 e. The minimum atomic E-state index is -4.31. The maximum absolute atomic E-state index is 12.9. The molecule has 1 saturated heterocycles. The molecule has 182 valence electrons. The summed E-state index contributed by atoms with van der Waals surface area (Å²) in [5, 5.41) is 9.50. The Balaban J connectivity index is 0.00000512. The molecule has 2 rings (SSSR count). The number of hydrogen-bond donors (Lipinski definition) is 3. The molecule has 1 amide bonds. The third-order valence-electron chi connectivity index (χ3n) is 5.14. The number of carbonyl (C=O) groups is 1. The molecule has 0 atom stereocenters. The van der Waals surface area contributed by atoms with Gasteiger partial charge in [-0.3, -0.25) is 14.7 Å². The summed E-state index contributed by atoms with van der Waals surface area (Å²) < 4.78 is 38.7. The van der Waals surface area contributed by atoms with Gasteiger partial charge < -0.3 is 16.0 Å². The summed E-state index contributed by atoms with van der Waals surface area (Å²) in [7, 11) is 0. The molecule has 0 spiro atoms. The van der Waals surface area contributed by atoms with Crippen LogP contribution in [0.5, 0.6) is 0 Å². The van der Waals surface area contributed by atoms with Gasteiger partial charge in [0.1, 0.15) is 0 Å². The number of piperidine rings is 1. The van der Waals surface area contributed by atoms with Gasteiger partial charge >= 0.3 is 6.18 Å². The van der Waals surface area contributed by atoms with E-state index in [4.69, 9.17) is 0 Å². The number of guanidine groups is 1. The lowest BCUT2D eigenvalue weighted by molar-refractivity contribution is -0.137. The summed E-state index contributed by atoms with van der Waals surface area (Å²) in [6, 6.07) is 5.80. The second-order valence-electron chi connectivity index (χ2n) is 8.10. The van der Waals surface area contributed by atoms with Crippen molar-refractivity contribution in [3.05, 3.63) is 35.4 Å². The number of benzene rings is 1. The van der Waals surface area contributed by atoms with Crippen molar-refractivity contribution in [2.24, 2.45) is 10.9 Å². The highest BCUT2D eigenvalue weighted by atomic mass is 127. The Morgan fingerprint density at radius 3 is 2.50 bits per heavy atom. The molecule has 0 radical (unpaired) electrons. The van der Waals surface area contributed by atoms with Gasteiger partial charge in [-0.15, -0.1) is 24.0 Å². The van der Waals surface area contributed by atoms with Crippen LogP contribution in [0.25, 0.3) is 0 Å². The molecule has 0 aliphatic carbocycles. The van der Waals surface area contributed by atoms with Gasteiger partial charge in [-0.05, 0) is 31.4 Å². The number of aliphatic imine (C=N–C) groups is 1. The molecule has 1 aromatic carbocycles. The van der Waals surface area contributed by atoms with Crippen molar-refractivity contribution >= 4 is 35.8 Å². The summed E-state index contributed by atoms with van der Waals surface area (Å²) in [4.78, 5) is 18.3. The number of hydrogen-bond acceptors (Lipinski definition) is 3. The Morgan fingerprint density at radius 2 is 1.91 bits per heavy atom. The zero-order valence-corrected chi connectivity index (χ0v) is 21.3. The van der Waals surface area contributed by atoms with Gasteiger partial charge in [0.2, 0.25) is 5.91 Å². The Morgan fingerprint density at radius 1 is 1.22 bits per heavy atom. The van der Waals surface area contributed by atoms with E-state index in [-0.39, 0.29) is 41.8 Å². The molecule has 1 aliphatic rings. The first-order chi connectivity index (χ1) is 14.7. The van der Waals surface area contributed by atoms with Crippen molar-refractivity contribution in [2.45, 2.75) is 52.4 Å². The monoisotopic (exact) mass is 569 g/mol. The predicted molar refractivity (Wildman–Crippen MR) is 132 cm³/mol. The van der Waals surface area contributed by atoms with E-state index >= 15 is 0 Å². The van der Waals surface area contributed by atoms with Crippen molar-refractivity contribution in [1.29, 1.82) is 0 Å². The molecule has 1 fully saturated rings. The molecule has 0 aromatic heterocycles. The quantitative estimate of drug-likeness (QED) is 0.194. The molecule has 0 unspecified atom stereocenters. The molecule has 32 heavy (non-hydrogen) atoms. The molecular weight excluding hydrogens is 534 g/mol. The predicted octanol–water partition coefficient (Wildman–Crippen LogP) is 3.62. The number of rotatable bonds is 8. The highest BCUT2D eigenvalue weighted by Gasteiger charge is 2.30. The number of nitrogens with zero attached hydrogens (tertiary/aromatic N) is 2. The van der Waals surface area contributed by atoms with Crippen LogP contribution in [0.4, 0.5) is 13.2 Å². The molecule has 1 aliphatic heterocycles. The first-order valence-electron chi connectivity index (χ1n) is 10.9.